The summed E-state index contributed by atoms with van der Waals surface area (Å²) in [5, 5.41) is 6.57. The Morgan fingerprint density at radius 3 is 2.41 bits per heavy atom. The van der Waals surface area contributed by atoms with E-state index in [1.165, 1.54) is 18.6 Å². The number of carbonyl (C=O) groups is 1. The zero-order valence-corrected chi connectivity index (χ0v) is 18.3. The summed E-state index contributed by atoms with van der Waals surface area (Å²) in [5.41, 5.74) is 1.00. The van der Waals surface area contributed by atoms with Crippen molar-refractivity contribution in [3.05, 3.63) is 30.1 Å². The molecule has 1 aliphatic carbocycles. The second kappa shape index (κ2) is 10.1. The molecule has 3 rings (SSSR count). The molecule has 6 nitrogen and oxygen atoms in total. The highest BCUT2D eigenvalue weighted by Gasteiger charge is 2.33. The van der Waals surface area contributed by atoms with Gasteiger partial charge in [-0.2, -0.15) is 0 Å². The highest BCUT2D eigenvalue weighted by molar-refractivity contribution is 14.0. The lowest BCUT2D eigenvalue weighted by atomic mass is 10.2. The van der Waals surface area contributed by atoms with E-state index in [1.807, 2.05) is 4.90 Å². The van der Waals surface area contributed by atoms with Crippen LogP contribution in [0.25, 0.3) is 0 Å². The van der Waals surface area contributed by atoms with Gasteiger partial charge in [-0.3, -0.25) is 9.79 Å². The van der Waals surface area contributed by atoms with Crippen molar-refractivity contribution in [3.63, 3.8) is 0 Å². The molecule has 0 aromatic heterocycles. The quantitative estimate of drug-likeness (QED) is 0.378. The Morgan fingerprint density at radius 2 is 1.85 bits per heavy atom. The first-order valence-corrected chi connectivity index (χ1v) is 9.32. The van der Waals surface area contributed by atoms with Crippen LogP contribution in [0.5, 0.6) is 0 Å². The van der Waals surface area contributed by atoms with E-state index in [9.17, 15) is 9.18 Å². The molecule has 2 unspecified atom stereocenters. The summed E-state index contributed by atoms with van der Waals surface area (Å²) in [4.78, 5) is 20.7. The van der Waals surface area contributed by atoms with E-state index < -0.39 is 0 Å². The smallest absolute Gasteiger partial charge is 0.224 e. The molecule has 2 fully saturated rings. The van der Waals surface area contributed by atoms with Gasteiger partial charge in [-0.15, -0.1) is 24.0 Å². The van der Waals surface area contributed by atoms with Crippen LogP contribution >= 0.6 is 24.0 Å². The van der Waals surface area contributed by atoms with Gasteiger partial charge in [0.15, 0.2) is 5.96 Å². The molecule has 2 atom stereocenters. The minimum absolute atomic E-state index is 0. The first-order valence-electron chi connectivity index (χ1n) is 9.32. The molecule has 1 aromatic carbocycles. The fourth-order valence-electron chi connectivity index (χ4n) is 3.21. The Morgan fingerprint density at radius 1 is 1.22 bits per heavy atom. The maximum Gasteiger partial charge on any atom is 0.224 e. The normalized spacial score (nSPS) is 22.1. The van der Waals surface area contributed by atoms with E-state index in [1.54, 1.807) is 19.2 Å². The molecule has 1 aromatic rings. The van der Waals surface area contributed by atoms with Crippen LogP contribution in [-0.2, 0) is 4.79 Å². The fourth-order valence-corrected chi connectivity index (χ4v) is 3.21. The number of amides is 1. The van der Waals surface area contributed by atoms with Gasteiger partial charge in [-0.1, -0.05) is 6.92 Å². The van der Waals surface area contributed by atoms with Gasteiger partial charge in [0.1, 0.15) is 5.82 Å². The Bertz CT molecular complexity index is 646. The molecule has 2 N–H and O–H groups in total. The van der Waals surface area contributed by atoms with Crippen LogP contribution in [0.2, 0.25) is 0 Å². The summed E-state index contributed by atoms with van der Waals surface area (Å²) in [6.45, 7) is 5.73. The fraction of sp³-hybridized carbons (Fsp3) is 0.579. The lowest BCUT2D eigenvalue weighted by molar-refractivity contribution is -0.131. The molecule has 8 heteroatoms. The van der Waals surface area contributed by atoms with E-state index in [-0.39, 0.29) is 35.7 Å². The van der Waals surface area contributed by atoms with Gasteiger partial charge in [-0.25, -0.2) is 4.39 Å². The third-order valence-electron chi connectivity index (χ3n) is 5.11. The first kappa shape index (κ1) is 21.7. The van der Waals surface area contributed by atoms with Crippen molar-refractivity contribution in [2.75, 3.05) is 44.7 Å². The lowest BCUT2D eigenvalue weighted by Gasteiger charge is -2.36. The van der Waals surface area contributed by atoms with Crippen LogP contribution in [-0.4, -0.2) is 62.6 Å². The summed E-state index contributed by atoms with van der Waals surface area (Å²) in [5.74, 6) is 1.41. The van der Waals surface area contributed by atoms with Crippen LogP contribution in [0.1, 0.15) is 19.8 Å². The Labute approximate surface area is 177 Å². The van der Waals surface area contributed by atoms with E-state index in [4.69, 9.17) is 0 Å². The Kier molecular flexibility index (Phi) is 8.12. The third-order valence-corrected chi connectivity index (χ3v) is 5.11. The standard InChI is InChI=1S/C19H28FN5O.HI/c1-14-13-17(14)23-19(21-2)22-8-7-18(26)25-11-9-24(10-12-25)16-5-3-15(20)4-6-16;/h3-6,14,17H,7-13H2,1-2H3,(H2,21,22,23);1H. The monoisotopic (exact) mass is 489 g/mol. The predicted molar refractivity (Wildman–Crippen MR) is 117 cm³/mol. The molecular formula is C19H29FIN5O. The molecule has 0 spiro atoms. The summed E-state index contributed by atoms with van der Waals surface area (Å²) < 4.78 is 13.0. The number of anilines is 1. The number of halogens is 2. The number of guanidine groups is 1. The van der Waals surface area contributed by atoms with Crippen LogP contribution in [0.4, 0.5) is 10.1 Å². The molecular weight excluding hydrogens is 460 g/mol. The first-order chi connectivity index (χ1) is 12.6. The largest absolute Gasteiger partial charge is 0.368 e. The number of aliphatic imine (C=N–C) groups is 1. The van der Waals surface area contributed by atoms with Crippen molar-refractivity contribution in [3.8, 4) is 0 Å². The molecule has 1 amide bonds. The number of benzene rings is 1. The molecule has 1 aliphatic heterocycles. The Hall–Kier alpha value is -1.58. The van der Waals surface area contributed by atoms with Gasteiger partial charge in [0.25, 0.3) is 0 Å². The summed E-state index contributed by atoms with van der Waals surface area (Å²) in [6, 6.07) is 7.03. The maximum atomic E-state index is 13.0. The van der Waals surface area contributed by atoms with Crippen LogP contribution in [0.15, 0.2) is 29.3 Å². The SMILES string of the molecule is CN=C(NCCC(=O)N1CCN(c2ccc(F)cc2)CC1)NC1CC1C.I. The molecule has 1 saturated heterocycles. The number of rotatable bonds is 5. The predicted octanol–water partition coefficient (Wildman–Crippen LogP) is 2.06. The van der Waals surface area contributed by atoms with Crippen LogP contribution < -0.4 is 15.5 Å². The second-order valence-electron chi connectivity index (χ2n) is 7.06. The zero-order chi connectivity index (χ0) is 18.5. The van der Waals surface area contributed by atoms with Crippen molar-refractivity contribution < 1.29 is 9.18 Å². The number of carbonyl (C=O) groups excluding carboxylic acids is 1. The van der Waals surface area contributed by atoms with E-state index in [0.29, 0.717) is 38.0 Å². The topological polar surface area (TPSA) is 60.0 Å². The molecule has 27 heavy (non-hydrogen) atoms. The maximum absolute atomic E-state index is 13.0. The molecule has 2 aliphatic rings. The van der Waals surface area contributed by atoms with Gasteiger partial charge >= 0.3 is 0 Å². The van der Waals surface area contributed by atoms with Gasteiger partial charge in [0, 0.05) is 57.9 Å². The van der Waals surface area contributed by atoms with Gasteiger partial charge in [0.2, 0.25) is 5.91 Å². The minimum Gasteiger partial charge on any atom is -0.368 e. The van der Waals surface area contributed by atoms with Gasteiger partial charge < -0.3 is 20.4 Å². The van der Waals surface area contributed by atoms with Gasteiger partial charge in [0.05, 0.1) is 0 Å². The summed E-state index contributed by atoms with van der Waals surface area (Å²) >= 11 is 0. The molecule has 1 saturated carbocycles. The third kappa shape index (κ3) is 6.22. The van der Waals surface area contributed by atoms with E-state index in [0.717, 1.165) is 24.7 Å². The van der Waals surface area contributed by atoms with Crippen LogP contribution in [0, 0.1) is 11.7 Å². The summed E-state index contributed by atoms with van der Waals surface area (Å²) in [7, 11) is 1.75. The highest BCUT2D eigenvalue weighted by atomic mass is 127. The van der Waals surface area contributed by atoms with Crippen LogP contribution in [0.3, 0.4) is 0 Å². The average molecular weight is 489 g/mol. The van der Waals surface area contributed by atoms with E-state index >= 15 is 0 Å². The van der Waals surface area contributed by atoms with Crippen molar-refractivity contribution in [2.45, 2.75) is 25.8 Å². The second-order valence-corrected chi connectivity index (χ2v) is 7.06. The summed E-state index contributed by atoms with van der Waals surface area (Å²) in [6.07, 6.45) is 1.63. The molecule has 0 bridgehead atoms. The van der Waals surface area contributed by atoms with Gasteiger partial charge in [-0.05, 0) is 36.6 Å². The van der Waals surface area contributed by atoms with Crippen molar-refractivity contribution >= 4 is 41.5 Å². The van der Waals surface area contributed by atoms with Crippen molar-refractivity contribution in [2.24, 2.45) is 10.9 Å². The number of nitrogens with zero attached hydrogens (tertiary/aromatic N) is 3. The zero-order valence-electron chi connectivity index (χ0n) is 15.9. The minimum atomic E-state index is -0.226. The Balaban J connectivity index is 0.00000261. The number of hydrogen-bond donors (Lipinski definition) is 2. The van der Waals surface area contributed by atoms with Crippen molar-refractivity contribution in [1.29, 1.82) is 0 Å². The molecule has 1 heterocycles. The van der Waals surface area contributed by atoms with Crippen molar-refractivity contribution in [1.82, 2.24) is 15.5 Å². The number of hydrogen-bond acceptors (Lipinski definition) is 3. The number of piperazine rings is 1. The average Bonchev–Trinajstić information content (AvgIpc) is 3.36. The lowest BCUT2D eigenvalue weighted by Crippen LogP contribution is -2.49. The number of nitrogens with one attached hydrogen (secondary N) is 2. The highest BCUT2D eigenvalue weighted by Crippen LogP contribution is 2.28. The molecule has 0 radical (unpaired) electrons. The van der Waals surface area contributed by atoms with E-state index in [2.05, 4.69) is 27.4 Å². The molecule has 150 valence electrons.